The van der Waals surface area contributed by atoms with Gasteiger partial charge in [-0.05, 0) is 31.2 Å². The standard InChI is InChI=1S/C21H21FN2O4/c1-13-17(23-21(28-13)15-7-5-6-8-16(15)22)12-20(25)24(2)14-9-10-18(26-3)19(11-14)27-4/h5-11H,12H2,1-4H3. The molecule has 0 radical (unpaired) electrons. The number of halogens is 1. The molecule has 7 heteroatoms. The van der Waals surface area contributed by atoms with Gasteiger partial charge in [-0.3, -0.25) is 4.79 Å². The van der Waals surface area contributed by atoms with Gasteiger partial charge < -0.3 is 18.8 Å². The molecule has 3 rings (SSSR count). The fraction of sp³-hybridized carbons (Fsp3) is 0.238. The SMILES string of the molecule is COc1ccc(N(C)C(=O)Cc2nc(-c3ccccc3F)oc2C)cc1OC. The minimum atomic E-state index is -0.427. The number of likely N-dealkylation sites (N-methyl/N-ethyl adjacent to an activating group) is 1. The van der Waals surface area contributed by atoms with Gasteiger partial charge in [-0.1, -0.05) is 12.1 Å². The lowest BCUT2D eigenvalue weighted by Gasteiger charge is -2.18. The van der Waals surface area contributed by atoms with Gasteiger partial charge in [-0.2, -0.15) is 0 Å². The van der Waals surface area contributed by atoms with Gasteiger partial charge in [0, 0.05) is 18.8 Å². The van der Waals surface area contributed by atoms with Crippen LogP contribution in [0.4, 0.5) is 10.1 Å². The first-order valence-electron chi connectivity index (χ1n) is 8.64. The molecule has 1 aromatic heterocycles. The maximum Gasteiger partial charge on any atom is 0.232 e. The molecule has 1 heterocycles. The van der Waals surface area contributed by atoms with Crippen LogP contribution in [0.15, 0.2) is 46.9 Å². The number of hydrogen-bond donors (Lipinski definition) is 0. The number of nitrogens with zero attached hydrogens (tertiary/aromatic N) is 2. The first-order valence-corrected chi connectivity index (χ1v) is 8.64. The van der Waals surface area contributed by atoms with E-state index in [-0.39, 0.29) is 23.8 Å². The average molecular weight is 384 g/mol. The van der Waals surface area contributed by atoms with E-state index in [1.165, 1.54) is 18.1 Å². The van der Waals surface area contributed by atoms with Crippen molar-refractivity contribution in [2.45, 2.75) is 13.3 Å². The molecule has 0 spiro atoms. The third-order valence-corrected chi connectivity index (χ3v) is 4.44. The number of benzene rings is 2. The fourth-order valence-electron chi connectivity index (χ4n) is 2.78. The van der Waals surface area contributed by atoms with Crippen LogP contribution >= 0.6 is 0 Å². The maximum absolute atomic E-state index is 14.0. The number of hydrogen-bond acceptors (Lipinski definition) is 5. The summed E-state index contributed by atoms with van der Waals surface area (Å²) in [4.78, 5) is 18.5. The van der Waals surface area contributed by atoms with E-state index < -0.39 is 5.82 Å². The molecule has 0 aliphatic heterocycles. The third-order valence-electron chi connectivity index (χ3n) is 4.44. The maximum atomic E-state index is 14.0. The Labute approximate surface area is 162 Å². The number of aromatic nitrogens is 1. The van der Waals surface area contributed by atoms with Crippen LogP contribution < -0.4 is 14.4 Å². The highest BCUT2D eigenvalue weighted by Gasteiger charge is 2.20. The summed E-state index contributed by atoms with van der Waals surface area (Å²) in [7, 11) is 4.75. The molecule has 0 aliphatic rings. The zero-order valence-electron chi connectivity index (χ0n) is 16.2. The van der Waals surface area contributed by atoms with Crippen LogP contribution in [-0.4, -0.2) is 32.2 Å². The lowest BCUT2D eigenvalue weighted by Crippen LogP contribution is -2.28. The molecule has 0 fully saturated rings. The molecule has 146 valence electrons. The quantitative estimate of drug-likeness (QED) is 0.642. The number of anilines is 1. The van der Waals surface area contributed by atoms with Crippen LogP contribution in [0.2, 0.25) is 0 Å². The minimum Gasteiger partial charge on any atom is -0.493 e. The monoisotopic (exact) mass is 384 g/mol. The van der Waals surface area contributed by atoms with E-state index in [2.05, 4.69) is 4.98 Å². The van der Waals surface area contributed by atoms with Crippen molar-refractivity contribution >= 4 is 11.6 Å². The second-order valence-electron chi connectivity index (χ2n) is 6.17. The zero-order valence-corrected chi connectivity index (χ0v) is 16.2. The first-order chi connectivity index (χ1) is 13.4. The summed E-state index contributed by atoms with van der Waals surface area (Å²) in [6.45, 7) is 1.70. The molecule has 0 unspecified atom stereocenters. The largest absolute Gasteiger partial charge is 0.493 e. The fourth-order valence-corrected chi connectivity index (χ4v) is 2.78. The zero-order chi connectivity index (χ0) is 20.3. The van der Waals surface area contributed by atoms with E-state index in [1.807, 2.05) is 0 Å². The van der Waals surface area contributed by atoms with Crippen molar-refractivity contribution in [3.05, 3.63) is 59.7 Å². The smallest absolute Gasteiger partial charge is 0.232 e. The van der Waals surface area contributed by atoms with E-state index in [4.69, 9.17) is 13.9 Å². The number of aryl methyl sites for hydroxylation is 1. The predicted octanol–water partition coefficient (Wildman–Crippen LogP) is 4.01. The van der Waals surface area contributed by atoms with E-state index >= 15 is 0 Å². The van der Waals surface area contributed by atoms with Crippen molar-refractivity contribution in [1.29, 1.82) is 0 Å². The van der Waals surface area contributed by atoms with E-state index in [1.54, 1.807) is 57.5 Å². The summed E-state index contributed by atoms with van der Waals surface area (Å²) in [5.74, 6) is 1.13. The minimum absolute atomic E-state index is 0.0225. The average Bonchev–Trinajstić information content (AvgIpc) is 3.07. The molecule has 0 saturated carbocycles. The van der Waals surface area contributed by atoms with Crippen LogP contribution in [0.3, 0.4) is 0 Å². The van der Waals surface area contributed by atoms with Gasteiger partial charge in [0.15, 0.2) is 11.5 Å². The molecule has 28 heavy (non-hydrogen) atoms. The molecule has 0 saturated heterocycles. The van der Waals surface area contributed by atoms with Crippen LogP contribution in [-0.2, 0) is 11.2 Å². The van der Waals surface area contributed by atoms with Gasteiger partial charge >= 0.3 is 0 Å². The normalized spacial score (nSPS) is 10.6. The molecule has 0 atom stereocenters. The van der Waals surface area contributed by atoms with E-state index in [9.17, 15) is 9.18 Å². The summed E-state index contributed by atoms with van der Waals surface area (Å²) in [6, 6.07) is 11.4. The molecule has 0 aliphatic carbocycles. The molecule has 2 aromatic carbocycles. The van der Waals surface area contributed by atoms with Gasteiger partial charge in [0.05, 0.1) is 31.9 Å². The summed E-state index contributed by atoms with van der Waals surface area (Å²) in [5, 5.41) is 0. The van der Waals surface area contributed by atoms with Crippen molar-refractivity contribution in [3.63, 3.8) is 0 Å². The van der Waals surface area contributed by atoms with Crippen LogP contribution in [0.1, 0.15) is 11.5 Å². The molecular weight excluding hydrogens is 363 g/mol. The number of amides is 1. The molecule has 1 amide bonds. The second-order valence-corrected chi connectivity index (χ2v) is 6.17. The Kier molecular flexibility index (Phi) is 5.63. The highest BCUT2D eigenvalue weighted by molar-refractivity contribution is 5.94. The molecule has 0 bridgehead atoms. The number of rotatable bonds is 6. The Balaban J connectivity index is 1.81. The Bertz CT molecular complexity index is 1000. The lowest BCUT2D eigenvalue weighted by molar-refractivity contribution is -0.117. The summed E-state index contributed by atoms with van der Waals surface area (Å²) in [6.07, 6.45) is 0.0225. The van der Waals surface area contributed by atoms with Gasteiger partial charge in [0.2, 0.25) is 11.8 Å². The van der Waals surface area contributed by atoms with Gasteiger partial charge in [-0.25, -0.2) is 9.37 Å². The lowest BCUT2D eigenvalue weighted by atomic mass is 10.2. The Morgan fingerprint density at radius 2 is 1.86 bits per heavy atom. The van der Waals surface area contributed by atoms with Crippen LogP contribution in [0.5, 0.6) is 11.5 Å². The third kappa shape index (κ3) is 3.83. The van der Waals surface area contributed by atoms with Crippen LogP contribution in [0, 0.1) is 12.7 Å². The van der Waals surface area contributed by atoms with E-state index in [0.29, 0.717) is 28.6 Å². The Morgan fingerprint density at radius 1 is 1.14 bits per heavy atom. The predicted molar refractivity (Wildman–Crippen MR) is 103 cm³/mol. The number of oxazole rings is 1. The van der Waals surface area contributed by atoms with E-state index in [0.717, 1.165) is 0 Å². The Hall–Kier alpha value is -3.35. The van der Waals surface area contributed by atoms with Crippen molar-refractivity contribution in [3.8, 4) is 23.0 Å². The Morgan fingerprint density at radius 3 is 2.54 bits per heavy atom. The van der Waals surface area contributed by atoms with Crippen molar-refractivity contribution in [1.82, 2.24) is 4.98 Å². The number of ether oxygens (including phenoxy) is 2. The van der Waals surface area contributed by atoms with Crippen molar-refractivity contribution in [2.75, 3.05) is 26.2 Å². The second kappa shape index (κ2) is 8.12. The summed E-state index contributed by atoms with van der Waals surface area (Å²) in [5.41, 5.74) is 1.38. The molecule has 6 nitrogen and oxygen atoms in total. The topological polar surface area (TPSA) is 64.8 Å². The van der Waals surface area contributed by atoms with Crippen LogP contribution in [0.25, 0.3) is 11.5 Å². The molecule has 3 aromatic rings. The highest BCUT2D eigenvalue weighted by atomic mass is 19.1. The number of carbonyl (C=O) groups excluding carboxylic acids is 1. The van der Waals surface area contributed by atoms with Gasteiger partial charge in [-0.15, -0.1) is 0 Å². The summed E-state index contributed by atoms with van der Waals surface area (Å²) >= 11 is 0. The van der Waals surface area contributed by atoms with Gasteiger partial charge in [0.1, 0.15) is 11.6 Å². The highest BCUT2D eigenvalue weighted by Crippen LogP contribution is 2.31. The number of carbonyl (C=O) groups is 1. The molecular formula is C21H21FN2O4. The summed E-state index contributed by atoms with van der Waals surface area (Å²) < 4.78 is 30.0. The number of methoxy groups -OCH3 is 2. The van der Waals surface area contributed by atoms with Gasteiger partial charge in [0.25, 0.3) is 0 Å². The van der Waals surface area contributed by atoms with Crippen molar-refractivity contribution < 1.29 is 23.1 Å². The first kappa shape index (κ1) is 19.4. The molecule has 0 N–H and O–H groups in total. The van der Waals surface area contributed by atoms with Crippen molar-refractivity contribution in [2.24, 2.45) is 0 Å².